The summed E-state index contributed by atoms with van der Waals surface area (Å²) >= 11 is 3.65. The number of nitrogens with one attached hydrogen (secondary N) is 1. The third kappa shape index (κ3) is 3.00. The fourth-order valence-electron chi connectivity index (χ4n) is 2.02. The molecule has 0 unspecified atom stereocenters. The molecule has 1 heterocycles. The summed E-state index contributed by atoms with van der Waals surface area (Å²) in [5.74, 6) is 1.13. The molecular formula is C14H18BrN3. The Kier molecular flexibility index (Phi) is 4.55. The van der Waals surface area contributed by atoms with Crippen LogP contribution in [0.3, 0.4) is 0 Å². The number of benzene rings is 1. The van der Waals surface area contributed by atoms with E-state index in [2.05, 4.69) is 55.9 Å². The average Bonchev–Trinajstić information content (AvgIpc) is 2.80. The normalized spacial score (nSPS) is 10.8. The molecule has 1 aromatic carbocycles. The van der Waals surface area contributed by atoms with Crippen LogP contribution in [0.15, 0.2) is 35.1 Å². The van der Waals surface area contributed by atoms with E-state index in [1.807, 2.05) is 19.4 Å². The monoisotopic (exact) mass is 307 g/mol. The van der Waals surface area contributed by atoms with E-state index in [9.17, 15) is 0 Å². The van der Waals surface area contributed by atoms with Crippen LogP contribution < -0.4 is 5.32 Å². The van der Waals surface area contributed by atoms with Gasteiger partial charge in [-0.05, 0) is 24.2 Å². The van der Waals surface area contributed by atoms with Crippen molar-refractivity contribution in [3.05, 3.63) is 52.0 Å². The van der Waals surface area contributed by atoms with Crippen LogP contribution in [0, 0.1) is 0 Å². The van der Waals surface area contributed by atoms with Gasteiger partial charge in [0.2, 0.25) is 0 Å². The molecule has 0 amide bonds. The standard InChI is InChI=1S/C14H18BrN3/c1-3-14-17-6-7-18(14)10-12-5-4-11(9-16-2)8-13(12)15/h4-8,16H,3,9-10H2,1-2H3. The van der Waals surface area contributed by atoms with Gasteiger partial charge < -0.3 is 9.88 Å². The van der Waals surface area contributed by atoms with Gasteiger partial charge in [0.1, 0.15) is 5.82 Å². The number of aryl methyl sites for hydroxylation is 1. The van der Waals surface area contributed by atoms with Gasteiger partial charge in [0.25, 0.3) is 0 Å². The Morgan fingerprint density at radius 1 is 1.39 bits per heavy atom. The molecule has 0 saturated carbocycles. The van der Waals surface area contributed by atoms with Crippen LogP contribution in [0.2, 0.25) is 0 Å². The second-order valence-electron chi connectivity index (χ2n) is 4.28. The molecule has 0 aliphatic heterocycles. The highest BCUT2D eigenvalue weighted by atomic mass is 79.9. The molecule has 0 radical (unpaired) electrons. The molecule has 1 aromatic heterocycles. The quantitative estimate of drug-likeness (QED) is 0.920. The number of halogens is 1. The van der Waals surface area contributed by atoms with Gasteiger partial charge in [0.05, 0.1) is 0 Å². The highest BCUT2D eigenvalue weighted by molar-refractivity contribution is 9.10. The van der Waals surface area contributed by atoms with Gasteiger partial charge in [-0.2, -0.15) is 0 Å². The van der Waals surface area contributed by atoms with E-state index in [1.54, 1.807) is 0 Å². The summed E-state index contributed by atoms with van der Waals surface area (Å²) in [6.07, 6.45) is 4.86. The van der Waals surface area contributed by atoms with Crippen molar-refractivity contribution in [1.29, 1.82) is 0 Å². The van der Waals surface area contributed by atoms with Crippen LogP contribution in [0.4, 0.5) is 0 Å². The van der Waals surface area contributed by atoms with Gasteiger partial charge >= 0.3 is 0 Å². The maximum absolute atomic E-state index is 4.35. The molecule has 0 aliphatic rings. The number of imidazole rings is 1. The highest BCUT2D eigenvalue weighted by Gasteiger charge is 2.05. The molecular weight excluding hydrogens is 290 g/mol. The highest BCUT2D eigenvalue weighted by Crippen LogP contribution is 2.20. The van der Waals surface area contributed by atoms with Gasteiger partial charge in [-0.1, -0.05) is 35.0 Å². The molecule has 0 spiro atoms. The first-order valence-corrected chi connectivity index (χ1v) is 6.95. The Morgan fingerprint density at radius 3 is 2.89 bits per heavy atom. The molecule has 18 heavy (non-hydrogen) atoms. The molecule has 3 nitrogen and oxygen atoms in total. The summed E-state index contributed by atoms with van der Waals surface area (Å²) in [4.78, 5) is 4.35. The van der Waals surface area contributed by atoms with Gasteiger partial charge in [-0.25, -0.2) is 4.98 Å². The van der Waals surface area contributed by atoms with Gasteiger partial charge in [0, 0.05) is 36.4 Å². The molecule has 0 fully saturated rings. The summed E-state index contributed by atoms with van der Waals surface area (Å²) < 4.78 is 3.35. The third-order valence-electron chi connectivity index (χ3n) is 2.96. The van der Waals surface area contributed by atoms with Crippen LogP contribution in [0.25, 0.3) is 0 Å². The van der Waals surface area contributed by atoms with Gasteiger partial charge in [-0.3, -0.25) is 0 Å². The summed E-state index contributed by atoms with van der Waals surface area (Å²) in [6.45, 7) is 3.89. The van der Waals surface area contributed by atoms with Gasteiger partial charge in [-0.15, -0.1) is 0 Å². The Balaban J connectivity index is 2.19. The topological polar surface area (TPSA) is 29.9 Å². The molecule has 0 bridgehead atoms. The lowest BCUT2D eigenvalue weighted by molar-refractivity contribution is 0.729. The zero-order valence-electron chi connectivity index (χ0n) is 10.8. The fraction of sp³-hybridized carbons (Fsp3) is 0.357. The largest absolute Gasteiger partial charge is 0.330 e. The van der Waals surface area contributed by atoms with E-state index in [1.165, 1.54) is 11.1 Å². The van der Waals surface area contributed by atoms with Crippen LogP contribution in [0.1, 0.15) is 23.9 Å². The number of nitrogens with zero attached hydrogens (tertiary/aromatic N) is 2. The second kappa shape index (κ2) is 6.16. The molecule has 96 valence electrons. The van der Waals surface area contributed by atoms with Crippen molar-refractivity contribution in [1.82, 2.24) is 14.9 Å². The van der Waals surface area contributed by atoms with Crippen molar-refractivity contribution < 1.29 is 0 Å². The Labute approximate surface area is 116 Å². The Hall–Kier alpha value is -1.13. The van der Waals surface area contributed by atoms with E-state index >= 15 is 0 Å². The smallest absolute Gasteiger partial charge is 0.108 e. The summed E-state index contributed by atoms with van der Waals surface area (Å²) in [5.41, 5.74) is 2.57. The van der Waals surface area contributed by atoms with Crippen molar-refractivity contribution in [2.75, 3.05) is 7.05 Å². The molecule has 4 heteroatoms. The number of rotatable bonds is 5. The predicted molar refractivity (Wildman–Crippen MR) is 77.6 cm³/mol. The van der Waals surface area contributed by atoms with Crippen molar-refractivity contribution in [3.8, 4) is 0 Å². The lowest BCUT2D eigenvalue weighted by Crippen LogP contribution is -2.07. The lowest BCUT2D eigenvalue weighted by Gasteiger charge is -2.10. The number of hydrogen-bond donors (Lipinski definition) is 1. The van der Waals surface area contributed by atoms with Crippen molar-refractivity contribution in [2.45, 2.75) is 26.4 Å². The van der Waals surface area contributed by atoms with Crippen molar-refractivity contribution in [2.24, 2.45) is 0 Å². The molecule has 1 N–H and O–H groups in total. The predicted octanol–water partition coefficient (Wildman–Crippen LogP) is 2.98. The minimum absolute atomic E-state index is 0.865. The van der Waals surface area contributed by atoms with Crippen LogP contribution in [-0.2, 0) is 19.5 Å². The summed E-state index contributed by atoms with van der Waals surface area (Å²) in [5, 5.41) is 3.16. The van der Waals surface area contributed by atoms with Gasteiger partial charge in [0.15, 0.2) is 0 Å². The van der Waals surface area contributed by atoms with Crippen molar-refractivity contribution in [3.63, 3.8) is 0 Å². The first-order chi connectivity index (χ1) is 8.74. The number of aromatic nitrogens is 2. The molecule has 0 atom stereocenters. The first kappa shape index (κ1) is 13.3. The minimum atomic E-state index is 0.865. The molecule has 0 saturated heterocycles. The molecule has 0 aliphatic carbocycles. The lowest BCUT2D eigenvalue weighted by atomic mass is 10.1. The molecule has 2 aromatic rings. The SMILES string of the molecule is CCc1nccn1Cc1ccc(CNC)cc1Br. The maximum atomic E-state index is 4.35. The summed E-state index contributed by atoms with van der Waals surface area (Å²) in [7, 11) is 1.96. The zero-order chi connectivity index (χ0) is 13.0. The first-order valence-electron chi connectivity index (χ1n) is 6.16. The minimum Gasteiger partial charge on any atom is -0.330 e. The Morgan fingerprint density at radius 2 is 2.22 bits per heavy atom. The molecule has 2 rings (SSSR count). The maximum Gasteiger partial charge on any atom is 0.108 e. The van der Waals surface area contributed by atoms with E-state index in [0.717, 1.165) is 29.8 Å². The second-order valence-corrected chi connectivity index (χ2v) is 5.14. The van der Waals surface area contributed by atoms with Crippen LogP contribution >= 0.6 is 15.9 Å². The van der Waals surface area contributed by atoms with Crippen LogP contribution in [-0.4, -0.2) is 16.6 Å². The average molecular weight is 308 g/mol. The number of hydrogen-bond acceptors (Lipinski definition) is 2. The zero-order valence-corrected chi connectivity index (χ0v) is 12.4. The van der Waals surface area contributed by atoms with E-state index < -0.39 is 0 Å². The van der Waals surface area contributed by atoms with E-state index in [4.69, 9.17) is 0 Å². The van der Waals surface area contributed by atoms with E-state index in [-0.39, 0.29) is 0 Å². The van der Waals surface area contributed by atoms with Crippen LogP contribution in [0.5, 0.6) is 0 Å². The van der Waals surface area contributed by atoms with Crippen molar-refractivity contribution >= 4 is 15.9 Å². The van der Waals surface area contributed by atoms with E-state index in [0.29, 0.717) is 0 Å². The third-order valence-corrected chi connectivity index (χ3v) is 3.70. The fourth-order valence-corrected chi connectivity index (χ4v) is 2.57. The summed E-state index contributed by atoms with van der Waals surface area (Å²) in [6, 6.07) is 6.52. The Bertz CT molecular complexity index is 520.